The smallest absolute Gasteiger partial charge is 0.380 e. The lowest BCUT2D eigenvalue weighted by Gasteiger charge is -2.37. The Morgan fingerprint density at radius 2 is 1.80 bits per heavy atom. The summed E-state index contributed by atoms with van der Waals surface area (Å²) in [5.74, 6) is -0.791. The molecule has 0 aromatic heterocycles. The van der Waals surface area contributed by atoms with Gasteiger partial charge >= 0.3 is 6.18 Å². The quantitative estimate of drug-likeness (QED) is 0.707. The Balaban J connectivity index is 2.37. The van der Waals surface area contributed by atoms with Crippen LogP contribution >= 0.6 is 0 Å². The summed E-state index contributed by atoms with van der Waals surface area (Å²) in [6.07, 6.45) is 1.44. The van der Waals surface area contributed by atoms with Crippen molar-refractivity contribution < 1.29 is 23.1 Å². The lowest BCUT2D eigenvalue weighted by molar-refractivity contribution is -0.270. The third-order valence-corrected chi connectivity index (χ3v) is 4.13. The van der Waals surface area contributed by atoms with Crippen LogP contribution in [0.5, 0.6) is 0 Å². The van der Waals surface area contributed by atoms with E-state index in [2.05, 4.69) is 6.92 Å². The molecule has 1 aliphatic rings. The number of carbonyl (C=O) groups is 1. The van der Waals surface area contributed by atoms with Crippen molar-refractivity contribution in [1.82, 2.24) is 0 Å². The number of ketones is 1. The fourth-order valence-electron chi connectivity index (χ4n) is 2.98. The van der Waals surface area contributed by atoms with Crippen molar-refractivity contribution in [2.24, 2.45) is 5.92 Å². The molecule has 5 heteroatoms. The normalized spacial score (nSPS) is 27.9. The fraction of sp³-hybridized carbons (Fsp3) is 0.933. The van der Waals surface area contributed by atoms with Gasteiger partial charge in [-0.3, -0.25) is 4.79 Å². The third kappa shape index (κ3) is 5.08. The molecule has 0 aromatic carbocycles. The van der Waals surface area contributed by atoms with Crippen molar-refractivity contribution >= 4 is 5.78 Å². The topological polar surface area (TPSA) is 37.3 Å². The number of aliphatic hydroxyl groups is 1. The van der Waals surface area contributed by atoms with E-state index in [4.69, 9.17) is 0 Å². The van der Waals surface area contributed by atoms with Crippen molar-refractivity contribution in [3.63, 3.8) is 0 Å². The van der Waals surface area contributed by atoms with E-state index in [1.165, 1.54) is 6.42 Å². The number of hydrogen-bond donors (Lipinski definition) is 1. The Kier molecular flexibility index (Phi) is 6.49. The number of rotatable bonds is 7. The summed E-state index contributed by atoms with van der Waals surface area (Å²) in [6, 6.07) is 0. The largest absolute Gasteiger partial charge is 0.417 e. The van der Waals surface area contributed by atoms with Crippen LogP contribution in [0.3, 0.4) is 0 Å². The number of alkyl halides is 3. The Hall–Kier alpha value is -0.580. The first-order valence-corrected chi connectivity index (χ1v) is 7.59. The van der Waals surface area contributed by atoms with Gasteiger partial charge < -0.3 is 5.11 Å². The molecule has 1 fully saturated rings. The molecule has 0 aliphatic heterocycles. The minimum atomic E-state index is -4.71. The van der Waals surface area contributed by atoms with E-state index in [9.17, 15) is 23.1 Å². The first kappa shape index (κ1) is 17.5. The van der Waals surface area contributed by atoms with Gasteiger partial charge in [-0.05, 0) is 18.8 Å². The molecule has 2 atom stereocenters. The van der Waals surface area contributed by atoms with Gasteiger partial charge in [0.1, 0.15) is 5.78 Å². The van der Waals surface area contributed by atoms with Crippen LogP contribution in [-0.2, 0) is 4.79 Å². The summed E-state index contributed by atoms with van der Waals surface area (Å²) in [5.41, 5.74) is -2.80. The lowest BCUT2D eigenvalue weighted by Crippen LogP contribution is -2.51. The van der Waals surface area contributed by atoms with E-state index < -0.39 is 24.0 Å². The standard InChI is InChI=1S/C15H25F3O2/c1-2-3-4-5-6-7-8-12-9-13(19)11-14(20,10-12)15(16,17)18/h12,20H,2-11H2,1H3/t12-,14+/m0/s1. The maximum atomic E-state index is 12.8. The molecule has 20 heavy (non-hydrogen) atoms. The van der Waals surface area contributed by atoms with Gasteiger partial charge in [0.05, 0.1) is 0 Å². The van der Waals surface area contributed by atoms with Crippen LogP contribution in [-0.4, -0.2) is 22.7 Å². The van der Waals surface area contributed by atoms with Crippen LogP contribution in [0.25, 0.3) is 0 Å². The third-order valence-electron chi connectivity index (χ3n) is 4.13. The highest BCUT2D eigenvalue weighted by Gasteiger charge is 2.57. The lowest BCUT2D eigenvalue weighted by atomic mass is 9.75. The SMILES string of the molecule is CCCCCCCC[C@H]1CC(=O)C[C@@](O)(C(F)(F)F)C1. The molecule has 0 amide bonds. The molecule has 2 nitrogen and oxygen atoms in total. The average molecular weight is 294 g/mol. The number of halogens is 3. The molecule has 0 radical (unpaired) electrons. The number of Topliss-reactive ketones (excluding diaryl/α,β-unsaturated/α-hetero) is 1. The summed E-state index contributed by atoms with van der Waals surface area (Å²) in [6.45, 7) is 2.13. The molecular weight excluding hydrogens is 269 g/mol. The molecule has 1 rings (SSSR count). The Labute approximate surface area is 118 Å². The first-order valence-electron chi connectivity index (χ1n) is 7.59. The predicted molar refractivity (Wildman–Crippen MR) is 71.3 cm³/mol. The van der Waals surface area contributed by atoms with E-state index in [1.54, 1.807) is 0 Å². The van der Waals surface area contributed by atoms with E-state index in [0.29, 0.717) is 6.42 Å². The van der Waals surface area contributed by atoms with Crippen molar-refractivity contribution in [1.29, 1.82) is 0 Å². The fourth-order valence-corrected chi connectivity index (χ4v) is 2.98. The van der Waals surface area contributed by atoms with Gasteiger partial charge in [-0.15, -0.1) is 0 Å². The van der Waals surface area contributed by atoms with Crippen LogP contribution in [0.1, 0.15) is 71.1 Å². The molecule has 0 saturated heterocycles. The summed E-state index contributed by atoms with van der Waals surface area (Å²) in [7, 11) is 0. The predicted octanol–water partition coefficient (Wildman–Crippen LogP) is 4.40. The summed E-state index contributed by atoms with van der Waals surface area (Å²) in [4.78, 5) is 11.4. The van der Waals surface area contributed by atoms with E-state index in [-0.39, 0.29) is 18.8 Å². The van der Waals surface area contributed by atoms with Crippen LogP contribution < -0.4 is 0 Å². The van der Waals surface area contributed by atoms with Crippen molar-refractivity contribution in [2.45, 2.75) is 82.9 Å². The summed E-state index contributed by atoms with van der Waals surface area (Å²) in [5, 5.41) is 9.68. The highest BCUT2D eigenvalue weighted by Crippen LogP contribution is 2.43. The van der Waals surface area contributed by atoms with Crippen LogP contribution in [0.4, 0.5) is 13.2 Å². The Morgan fingerprint density at radius 1 is 1.20 bits per heavy atom. The van der Waals surface area contributed by atoms with Crippen LogP contribution in [0, 0.1) is 5.92 Å². The van der Waals surface area contributed by atoms with E-state index >= 15 is 0 Å². The molecule has 0 aromatic rings. The summed E-state index contributed by atoms with van der Waals surface area (Å²) < 4.78 is 38.4. The Bertz CT molecular complexity index is 315. The van der Waals surface area contributed by atoms with Gasteiger partial charge in [-0.1, -0.05) is 45.4 Å². The second kappa shape index (κ2) is 7.43. The first-order chi connectivity index (χ1) is 9.28. The zero-order valence-electron chi connectivity index (χ0n) is 12.1. The highest BCUT2D eigenvalue weighted by molar-refractivity contribution is 5.80. The van der Waals surface area contributed by atoms with Gasteiger partial charge in [0.2, 0.25) is 0 Å². The highest BCUT2D eigenvalue weighted by atomic mass is 19.4. The second-order valence-corrected chi connectivity index (χ2v) is 6.08. The Morgan fingerprint density at radius 3 is 2.40 bits per heavy atom. The number of hydrogen-bond acceptors (Lipinski definition) is 2. The van der Waals surface area contributed by atoms with Crippen molar-refractivity contribution in [3.8, 4) is 0 Å². The van der Waals surface area contributed by atoms with Crippen molar-refractivity contribution in [3.05, 3.63) is 0 Å². The minimum absolute atomic E-state index is 0.188. The van der Waals surface area contributed by atoms with Gasteiger partial charge in [-0.2, -0.15) is 13.2 Å². The molecule has 0 bridgehead atoms. The maximum Gasteiger partial charge on any atom is 0.417 e. The van der Waals surface area contributed by atoms with Crippen molar-refractivity contribution in [2.75, 3.05) is 0 Å². The van der Waals surface area contributed by atoms with Crippen LogP contribution in [0.2, 0.25) is 0 Å². The molecular formula is C15H25F3O2. The molecule has 1 N–H and O–H groups in total. The monoisotopic (exact) mass is 294 g/mol. The van der Waals surface area contributed by atoms with Gasteiger partial charge in [0.25, 0.3) is 0 Å². The summed E-state index contributed by atoms with van der Waals surface area (Å²) >= 11 is 0. The zero-order valence-corrected chi connectivity index (χ0v) is 12.1. The minimum Gasteiger partial charge on any atom is -0.380 e. The molecule has 1 aliphatic carbocycles. The molecule has 118 valence electrons. The average Bonchev–Trinajstić information content (AvgIpc) is 2.31. The van der Waals surface area contributed by atoms with E-state index in [1.807, 2.05) is 0 Å². The van der Waals surface area contributed by atoms with Gasteiger partial charge in [0.15, 0.2) is 5.60 Å². The van der Waals surface area contributed by atoms with Gasteiger partial charge in [0, 0.05) is 12.8 Å². The zero-order chi connectivity index (χ0) is 15.2. The maximum absolute atomic E-state index is 12.8. The number of unbranched alkanes of at least 4 members (excludes halogenated alkanes) is 5. The van der Waals surface area contributed by atoms with Gasteiger partial charge in [-0.25, -0.2) is 0 Å². The second-order valence-electron chi connectivity index (χ2n) is 6.08. The molecule has 1 saturated carbocycles. The number of carbonyl (C=O) groups excluding carboxylic acids is 1. The van der Waals surface area contributed by atoms with Crippen LogP contribution in [0.15, 0.2) is 0 Å². The molecule has 0 heterocycles. The molecule has 0 spiro atoms. The van der Waals surface area contributed by atoms with E-state index in [0.717, 1.165) is 32.1 Å². The molecule has 0 unspecified atom stereocenters.